The van der Waals surface area contributed by atoms with Crippen molar-refractivity contribution in [2.24, 2.45) is 0 Å². The first-order chi connectivity index (χ1) is 15.2. The highest BCUT2D eigenvalue weighted by Gasteiger charge is 2.24. The maximum Gasteiger partial charge on any atom is 0.254 e. The van der Waals surface area contributed by atoms with Gasteiger partial charge in [-0.15, -0.1) is 0 Å². The first-order valence-corrected chi connectivity index (χ1v) is 10.2. The summed E-state index contributed by atoms with van der Waals surface area (Å²) in [5.74, 6) is 2.39. The summed E-state index contributed by atoms with van der Waals surface area (Å²) in [7, 11) is 0. The van der Waals surface area contributed by atoms with E-state index in [1.807, 2.05) is 65.2 Å². The number of amides is 1. The number of imidazole rings is 1. The zero-order valence-electron chi connectivity index (χ0n) is 17.2. The van der Waals surface area contributed by atoms with Crippen LogP contribution in [0, 0.1) is 6.92 Å². The molecule has 4 aromatic rings. The Morgan fingerprint density at radius 3 is 2.52 bits per heavy atom. The molecule has 0 aliphatic carbocycles. The summed E-state index contributed by atoms with van der Waals surface area (Å²) in [5.41, 5.74) is 1.54. The number of rotatable bonds is 4. The Kier molecular flexibility index (Phi) is 4.91. The Morgan fingerprint density at radius 2 is 1.77 bits per heavy atom. The molecule has 156 valence electrons. The maximum atomic E-state index is 13.1. The highest BCUT2D eigenvalue weighted by atomic mass is 16.2. The van der Waals surface area contributed by atoms with E-state index in [9.17, 15) is 4.79 Å². The van der Waals surface area contributed by atoms with Crippen LogP contribution in [0.2, 0.25) is 0 Å². The number of anilines is 1. The molecule has 1 fully saturated rings. The number of carbonyl (C=O) groups excluding carboxylic acids is 1. The lowest BCUT2D eigenvalue weighted by molar-refractivity contribution is 0.0746. The van der Waals surface area contributed by atoms with Gasteiger partial charge in [-0.1, -0.05) is 6.07 Å². The second-order valence-corrected chi connectivity index (χ2v) is 7.38. The predicted molar refractivity (Wildman–Crippen MR) is 116 cm³/mol. The SMILES string of the molecule is Cc1nc(N2CCN(C(=O)c3cccc(-n4cccn4)c3)CC2)cc(-n2ccnc2)n1. The van der Waals surface area contributed by atoms with E-state index in [4.69, 9.17) is 0 Å². The van der Waals surface area contributed by atoms with Crippen LogP contribution >= 0.6 is 0 Å². The van der Waals surface area contributed by atoms with Crippen LogP contribution in [0.25, 0.3) is 11.5 Å². The van der Waals surface area contributed by atoms with Gasteiger partial charge < -0.3 is 9.80 Å². The highest BCUT2D eigenvalue weighted by Crippen LogP contribution is 2.19. The maximum absolute atomic E-state index is 13.1. The van der Waals surface area contributed by atoms with Crippen LogP contribution in [0.1, 0.15) is 16.2 Å². The van der Waals surface area contributed by atoms with Gasteiger partial charge in [-0.3, -0.25) is 9.36 Å². The molecule has 0 unspecified atom stereocenters. The van der Waals surface area contributed by atoms with Gasteiger partial charge >= 0.3 is 0 Å². The summed E-state index contributed by atoms with van der Waals surface area (Å²) < 4.78 is 3.62. The predicted octanol–water partition coefficient (Wildman–Crippen LogP) is 2.12. The van der Waals surface area contributed by atoms with Crippen molar-refractivity contribution < 1.29 is 4.79 Å². The number of benzene rings is 1. The van der Waals surface area contributed by atoms with Crippen molar-refractivity contribution in [2.75, 3.05) is 31.1 Å². The molecule has 1 aliphatic heterocycles. The Hall–Kier alpha value is -4.01. The topological polar surface area (TPSA) is 85.0 Å². The van der Waals surface area contributed by atoms with Gasteiger partial charge in [0.05, 0.1) is 5.69 Å². The van der Waals surface area contributed by atoms with Crippen LogP contribution in [-0.2, 0) is 0 Å². The van der Waals surface area contributed by atoms with Gasteiger partial charge in [0.15, 0.2) is 0 Å². The fourth-order valence-corrected chi connectivity index (χ4v) is 3.75. The van der Waals surface area contributed by atoms with Gasteiger partial charge in [0.25, 0.3) is 5.91 Å². The highest BCUT2D eigenvalue weighted by molar-refractivity contribution is 5.95. The molecule has 3 aromatic heterocycles. The third-order valence-electron chi connectivity index (χ3n) is 5.33. The van der Waals surface area contributed by atoms with Crippen molar-refractivity contribution in [1.82, 2.24) is 34.2 Å². The molecule has 0 N–H and O–H groups in total. The third kappa shape index (κ3) is 3.89. The molecule has 9 heteroatoms. The Balaban J connectivity index is 1.29. The van der Waals surface area contributed by atoms with Crippen molar-refractivity contribution >= 4 is 11.7 Å². The van der Waals surface area contributed by atoms with E-state index in [0.717, 1.165) is 17.3 Å². The van der Waals surface area contributed by atoms with Crippen molar-refractivity contribution in [3.8, 4) is 11.5 Å². The molecule has 0 bridgehead atoms. The van der Waals surface area contributed by atoms with Gasteiger partial charge in [0, 0.05) is 62.6 Å². The van der Waals surface area contributed by atoms with Crippen molar-refractivity contribution in [3.05, 3.63) is 78.9 Å². The lowest BCUT2D eigenvalue weighted by Gasteiger charge is -2.35. The number of aromatic nitrogens is 6. The summed E-state index contributed by atoms with van der Waals surface area (Å²) >= 11 is 0. The molecular formula is C22H22N8O. The molecule has 5 rings (SSSR count). The minimum Gasteiger partial charge on any atom is -0.353 e. The Bertz CT molecular complexity index is 1180. The summed E-state index contributed by atoms with van der Waals surface area (Å²) in [5, 5.41) is 4.24. The zero-order valence-corrected chi connectivity index (χ0v) is 17.2. The van der Waals surface area contributed by atoms with Gasteiger partial charge in [0.2, 0.25) is 0 Å². The van der Waals surface area contributed by atoms with E-state index in [1.165, 1.54) is 0 Å². The molecule has 4 heterocycles. The van der Waals surface area contributed by atoms with Crippen LogP contribution in [0.3, 0.4) is 0 Å². The van der Waals surface area contributed by atoms with Crippen LogP contribution in [0.15, 0.2) is 67.5 Å². The smallest absolute Gasteiger partial charge is 0.254 e. The normalized spacial score (nSPS) is 14.1. The van der Waals surface area contributed by atoms with Gasteiger partial charge in [-0.2, -0.15) is 5.10 Å². The summed E-state index contributed by atoms with van der Waals surface area (Å²) in [4.78, 5) is 30.3. The molecule has 1 aromatic carbocycles. The lowest BCUT2D eigenvalue weighted by atomic mass is 10.1. The Morgan fingerprint density at radius 1 is 0.935 bits per heavy atom. The number of hydrogen-bond donors (Lipinski definition) is 0. The van der Waals surface area contributed by atoms with E-state index in [1.54, 1.807) is 23.4 Å². The molecule has 0 atom stereocenters. The van der Waals surface area contributed by atoms with Crippen molar-refractivity contribution in [3.63, 3.8) is 0 Å². The zero-order chi connectivity index (χ0) is 21.2. The molecular weight excluding hydrogens is 392 g/mol. The Labute approximate surface area is 179 Å². The monoisotopic (exact) mass is 414 g/mol. The van der Waals surface area contributed by atoms with Gasteiger partial charge in [-0.25, -0.2) is 19.6 Å². The molecule has 9 nitrogen and oxygen atoms in total. The van der Waals surface area contributed by atoms with Gasteiger partial charge in [-0.05, 0) is 31.2 Å². The van der Waals surface area contributed by atoms with Crippen LogP contribution in [-0.4, -0.2) is 66.3 Å². The number of carbonyl (C=O) groups is 1. The van der Waals surface area contributed by atoms with Crippen LogP contribution in [0.5, 0.6) is 0 Å². The average molecular weight is 414 g/mol. The van der Waals surface area contributed by atoms with E-state index >= 15 is 0 Å². The molecule has 0 spiro atoms. The molecule has 0 radical (unpaired) electrons. The fraction of sp³-hybridized carbons (Fsp3) is 0.227. The summed E-state index contributed by atoms with van der Waals surface area (Å²) in [6, 6.07) is 11.4. The largest absolute Gasteiger partial charge is 0.353 e. The third-order valence-corrected chi connectivity index (χ3v) is 5.33. The quantitative estimate of drug-likeness (QED) is 0.509. The molecule has 1 aliphatic rings. The van der Waals surface area contributed by atoms with E-state index < -0.39 is 0 Å². The van der Waals surface area contributed by atoms with Crippen molar-refractivity contribution in [2.45, 2.75) is 6.92 Å². The number of piperazine rings is 1. The first-order valence-electron chi connectivity index (χ1n) is 10.2. The molecule has 1 saturated heterocycles. The molecule has 1 amide bonds. The number of hydrogen-bond acceptors (Lipinski definition) is 6. The van der Waals surface area contributed by atoms with Crippen LogP contribution in [0.4, 0.5) is 5.82 Å². The molecule has 0 saturated carbocycles. The minimum atomic E-state index is 0.0339. The second kappa shape index (κ2) is 8.02. The standard InChI is InChI=1S/C22H22N8O/c1-17-25-20(15-21(26-17)29-9-7-23-16-29)27-10-12-28(13-11-27)22(31)18-4-2-5-19(14-18)30-8-3-6-24-30/h2-9,14-16H,10-13H2,1H3. The van der Waals surface area contributed by atoms with Crippen molar-refractivity contribution in [1.29, 1.82) is 0 Å². The van der Waals surface area contributed by atoms with Crippen LogP contribution < -0.4 is 4.90 Å². The van der Waals surface area contributed by atoms with E-state index in [2.05, 4.69) is 25.0 Å². The first kappa shape index (κ1) is 19.0. The summed E-state index contributed by atoms with van der Waals surface area (Å²) in [6.07, 6.45) is 8.90. The van der Waals surface area contributed by atoms with E-state index in [0.29, 0.717) is 37.6 Å². The minimum absolute atomic E-state index is 0.0339. The number of aryl methyl sites for hydroxylation is 1. The lowest BCUT2D eigenvalue weighted by Crippen LogP contribution is -2.49. The van der Waals surface area contributed by atoms with Gasteiger partial charge in [0.1, 0.15) is 23.8 Å². The molecule has 31 heavy (non-hydrogen) atoms. The summed E-state index contributed by atoms with van der Waals surface area (Å²) in [6.45, 7) is 4.58. The fourth-order valence-electron chi connectivity index (χ4n) is 3.75. The van der Waals surface area contributed by atoms with E-state index in [-0.39, 0.29) is 5.91 Å². The number of nitrogens with zero attached hydrogens (tertiary/aromatic N) is 8. The second-order valence-electron chi connectivity index (χ2n) is 7.38. The average Bonchev–Trinajstić information content (AvgIpc) is 3.53.